The van der Waals surface area contributed by atoms with E-state index in [1.165, 1.54) is 11.8 Å². The van der Waals surface area contributed by atoms with E-state index in [2.05, 4.69) is 0 Å². The van der Waals surface area contributed by atoms with Crippen molar-refractivity contribution in [2.75, 3.05) is 12.4 Å². The fourth-order valence-corrected chi connectivity index (χ4v) is 1.32. The van der Waals surface area contributed by atoms with Crippen LogP contribution < -0.4 is 5.73 Å². The lowest BCUT2D eigenvalue weighted by Gasteiger charge is -1.98. The zero-order chi connectivity index (χ0) is 8.53. The molecule has 0 heterocycles. The molecule has 0 aromatic heterocycles. The van der Waals surface area contributed by atoms with Crippen molar-refractivity contribution >= 4 is 29.3 Å². The summed E-state index contributed by atoms with van der Waals surface area (Å²) in [6.45, 7) is 0.292. The highest BCUT2D eigenvalue weighted by Crippen LogP contribution is 2.06. The molecule has 74 valence electrons. The first-order valence-corrected chi connectivity index (χ1v) is 4.83. The molecule has 0 saturated heterocycles. The molecule has 0 aromatic rings. The van der Waals surface area contributed by atoms with Crippen LogP contribution in [0.2, 0.25) is 0 Å². The molecule has 5 heteroatoms. The Morgan fingerprint density at radius 3 is 2.33 bits per heavy atom. The number of aliphatic hydroxyl groups is 1. The van der Waals surface area contributed by atoms with E-state index in [1.807, 2.05) is 0 Å². The van der Waals surface area contributed by atoms with E-state index in [0.29, 0.717) is 6.61 Å². The average Bonchev–Trinajstić information content (AvgIpc) is 1.96. The lowest BCUT2D eigenvalue weighted by atomic mass is 10.2. The van der Waals surface area contributed by atoms with Gasteiger partial charge in [-0.05, 0) is 12.8 Å². The number of rotatable bonds is 6. The van der Waals surface area contributed by atoms with Crippen LogP contribution in [0.15, 0.2) is 0 Å². The van der Waals surface area contributed by atoms with E-state index in [0.717, 1.165) is 31.4 Å². The van der Waals surface area contributed by atoms with E-state index in [-0.39, 0.29) is 17.6 Å². The third-order valence-corrected chi connectivity index (χ3v) is 2.11. The van der Waals surface area contributed by atoms with Crippen LogP contribution in [0, 0.1) is 5.41 Å². The summed E-state index contributed by atoms with van der Waals surface area (Å²) in [5.74, 6) is 0.931. The minimum absolute atomic E-state index is 0. The van der Waals surface area contributed by atoms with Crippen LogP contribution in [-0.2, 0) is 0 Å². The summed E-state index contributed by atoms with van der Waals surface area (Å²) in [4.78, 5) is 0. The van der Waals surface area contributed by atoms with Crippen LogP contribution in [-0.4, -0.2) is 22.6 Å². The number of hydrogen-bond donors (Lipinski definition) is 3. The van der Waals surface area contributed by atoms with Crippen molar-refractivity contribution in [3.63, 3.8) is 0 Å². The summed E-state index contributed by atoms with van der Waals surface area (Å²) in [5, 5.41) is 15.6. The lowest BCUT2D eigenvalue weighted by molar-refractivity contribution is 0.283. The van der Waals surface area contributed by atoms with Gasteiger partial charge in [0.25, 0.3) is 0 Å². The molecule has 12 heavy (non-hydrogen) atoms. The van der Waals surface area contributed by atoms with Crippen molar-refractivity contribution in [2.24, 2.45) is 5.73 Å². The summed E-state index contributed by atoms with van der Waals surface area (Å²) in [5.41, 5.74) is 5.14. The van der Waals surface area contributed by atoms with Crippen LogP contribution in [0.5, 0.6) is 0 Å². The molecule has 0 aliphatic rings. The highest BCUT2D eigenvalue weighted by molar-refractivity contribution is 8.13. The van der Waals surface area contributed by atoms with Crippen molar-refractivity contribution in [3.05, 3.63) is 0 Å². The van der Waals surface area contributed by atoms with Crippen molar-refractivity contribution in [1.82, 2.24) is 0 Å². The van der Waals surface area contributed by atoms with Crippen LogP contribution in [0.3, 0.4) is 0 Å². The molecule has 0 fully saturated rings. The second-order valence-corrected chi connectivity index (χ2v) is 3.49. The molecule has 0 aromatic carbocycles. The third-order valence-electron chi connectivity index (χ3n) is 1.31. The number of hydrogen-bond acceptors (Lipinski definition) is 3. The smallest absolute Gasteiger partial charge is 0.151 e. The van der Waals surface area contributed by atoms with Gasteiger partial charge in [-0.3, -0.25) is 5.41 Å². The summed E-state index contributed by atoms with van der Waals surface area (Å²) in [7, 11) is 0. The average molecular weight is 213 g/mol. The van der Waals surface area contributed by atoms with Gasteiger partial charge >= 0.3 is 0 Å². The Labute approximate surface area is 84.0 Å². The molecule has 0 spiro atoms. The first-order valence-electron chi connectivity index (χ1n) is 3.85. The second kappa shape index (κ2) is 11.1. The number of amidine groups is 1. The third kappa shape index (κ3) is 12.7. The van der Waals surface area contributed by atoms with Gasteiger partial charge < -0.3 is 10.8 Å². The molecule has 0 aliphatic heterocycles. The van der Waals surface area contributed by atoms with Gasteiger partial charge in [-0.25, -0.2) is 0 Å². The SMILES string of the molecule is Cl.N=C(N)SCCCCCCO. The topological polar surface area (TPSA) is 70.1 Å². The van der Waals surface area contributed by atoms with Gasteiger partial charge in [0.05, 0.1) is 0 Å². The minimum Gasteiger partial charge on any atom is -0.396 e. The van der Waals surface area contributed by atoms with Crippen molar-refractivity contribution in [1.29, 1.82) is 5.41 Å². The van der Waals surface area contributed by atoms with Crippen molar-refractivity contribution in [3.8, 4) is 0 Å². The van der Waals surface area contributed by atoms with Gasteiger partial charge in [0.15, 0.2) is 5.17 Å². The molecule has 0 unspecified atom stereocenters. The zero-order valence-corrected chi connectivity index (χ0v) is 8.72. The largest absolute Gasteiger partial charge is 0.396 e. The fourth-order valence-electron chi connectivity index (χ4n) is 0.750. The van der Waals surface area contributed by atoms with Crippen LogP contribution in [0.1, 0.15) is 25.7 Å². The first-order chi connectivity index (χ1) is 5.27. The molecule has 4 N–H and O–H groups in total. The van der Waals surface area contributed by atoms with Crippen LogP contribution in [0.4, 0.5) is 0 Å². The molecule has 0 aliphatic carbocycles. The fraction of sp³-hybridized carbons (Fsp3) is 0.857. The molecule has 0 bridgehead atoms. The Morgan fingerprint density at radius 2 is 1.83 bits per heavy atom. The van der Waals surface area contributed by atoms with E-state index < -0.39 is 0 Å². The van der Waals surface area contributed by atoms with E-state index >= 15 is 0 Å². The second-order valence-electron chi connectivity index (χ2n) is 2.35. The quantitative estimate of drug-likeness (QED) is 0.356. The van der Waals surface area contributed by atoms with Crippen molar-refractivity contribution < 1.29 is 5.11 Å². The van der Waals surface area contributed by atoms with E-state index in [9.17, 15) is 0 Å². The maximum atomic E-state index is 8.45. The standard InChI is InChI=1S/C7H16N2OS.ClH/c8-7(9)11-6-4-2-1-3-5-10;/h10H,1-6H2,(H3,8,9);1H. The summed E-state index contributed by atoms with van der Waals surface area (Å²) in [6.07, 6.45) is 4.19. The van der Waals surface area contributed by atoms with Gasteiger partial charge in [0.1, 0.15) is 0 Å². The van der Waals surface area contributed by atoms with Gasteiger partial charge in [0.2, 0.25) is 0 Å². The molecule has 0 radical (unpaired) electrons. The Kier molecular flexibility index (Phi) is 13.5. The molecule has 0 atom stereocenters. The Morgan fingerprint density at radius 1 is 1.25 bits per heavy atom. The zero-order valence-electron chi connectivity index (χ0n) is 7.08. The Bertz CT molecular complexity index is 114. The van der Waals surface area contributed by atoms with E-state index in [4.69, 9.17) is 16.2 Å². The lowest BCUT2D eigenvalue weighted by Crippen LogP contribution is -2.04. The van der Waals surface area contributed by atoms with Gasteiger partial charge in [-0.1, -0.05) is 24.6 Å². The summed E-state index contributed by atoms with van der Waals surface area (Å²) >= 11 is 1.39. The highest BCUT2D eigenvalue weighted by atomic mass is 35.5. The molecule has 0 amide bonds. The monoisotopic (exact) mass is 212 g/mol. The normalized spacial score (nSPS) is 9.08. The maximum Gasteiger partial charge on any atom is 0.151 e. The van der Waals surface area contributed by atoms with Crippen LogP contribution in [0.25, 0.3) is 0 Å². The first kappa shape index (κ1) is 14.6. The Balaban J connectivity index is 0. The van der Waals surface area contributed by atoms with Gasteiger partial charge in [-0.2, -0.15) is 0 Å². The number of aliphatic hydroxyl groups excluding tert-OH is 1. The maximum absolute atomic E-state index is 8.45. The molecule has 0 rings (SSSR count). The Hall–Kier alpha value is 0.0700. The van der Waals surface area contributed by atoms with Gasteiger partial charge in [-0.15, -0.1) is 12.4 Å². The van der Waals surface area contributed by atoms with Crippen molar-refractivity contribution in [2.45, 2.75) is 25.7 Å². The molecular formula is C7H17ClN2OS. The predicted octanol–water partition coefficient (Wildman–Crippen LogP) is 1.59. The van der Waals surface area contributed by atoms with E-state index in [1.54, 1.807) is 0 Å². The predicted molar refractivity (Wildman–Crippen MR) is 57.2 cm³/mol. The number of nitrogens with two attached hydrogens (primary N) is 1. The number of thioether (sulfide) groups is 1. The number of unbranched alkanes of at least 4 members (excludes halogenated alkanes) is 3. The summed E-state index contributed by atoms with van der Waals surface area (Å²) < 4.78 is 0. The molecule has 3 nitrogen and oxygen atoms in total. The number of halogens is 1. The molecular weight excluding hydrogens is 196 g/mol. The number of nitrogens with one attached hydrogen (secondary N) is 1. The summed E-state index contributed by atoms with van der Waals surface area (Å²) in [6, 6.07) is 0. The highest BCUT2D eigenvalue weighted by Gasteiger charge is 1.91. The van der Waals surface area contributed by atoms with Crippen LogP contribution >= 0.6 is 24.2 Å². The van der Waals surface area contributed by atoms with Gasteiger partial charge in [0, 0.05) is 12.4 Å². The minimum atomic E-state index is 0. The molecule has 0 saturated carbocycles.